The minimum absolute atomic E-state index is 0.00959. The molecule has 0 saturated carbocycles. The lowest BCUT2D eigenvalue weighted by Crippen LogP contribution is -2.26. The molecule has 2 aromatic rings. The molecule has 1 aliphatic rings. The Kier molecular flexibility index (Phi) is 4.68. The van der Waals surface area contributed by atoms with Gasteiger partial charge in [0, 0.05) is 19.3 Å². The number of nitrogens with zero attached hydrogens (tertiary/aromatic N) is 2. The van der Waals surface area contributed by atoms with Gasteiger partial charge in [0.25, 0.3) is 5.91 Å². The van der Waals surface area contributed by atoms with Gasteiger partial charge < -0.3 is 19.7 Å². The number of pyridine rings is 1. The second kappa shape index (κ2) is 6.79. The fraction of sp³-hybridized carbons (Fsp3) is 0.312. The average Bonchev–Trinajstić information content (AvgIpc) is 2.99. The lowest BCUT2D eigenvalue weighted by molar-refractivity contribution is -0.141. The van der Waals surface area contributed by atoms with Gasteiger partial charge in [0.05, 0.1) is 24.5 Å². The van der Waals surface area contributed by atoms with Crippen molar-refractivity contribution in [2.24, 2.45) is 0 Å². The number of amides is 1. The maximum Gasteiger partial charge on any atom is 0.433 e. The van der Waals surface area contributed by atoms with Gasteiger partial charge in [-0.1, -0.05) is 6.07 Å². The van der Waals surface area contributed by atoms with Crippen molar-refractivity contribution < 1.29 is 32.6 Å². The van der Waals surface area contributed by atoms with E-state index in [4.69, 9.17) is 4.74 Å². The molecule has 0 unspecified atom stereocenters. The molecule has 138 valence electrons. The normalized spacial score (nSPS) is 14.0. The number of aromatic nitrogens is 2. The number of ether oxygens (including phenoxy) is 1. The summed E-state index contributed by atoms with van der Waals surface area (Å²) in [5.74, 6) is -1.69. The number of rotatable bonds is 4. The Hall–Kier alpha value is -2.88. The number of fused-ring (bicyclic) bond motifs is 1. The lowest BCUT2D eigenvalue weighted by Gasteiger charge is -2.18. The second-order valence-corrected chi connectivity index (χ2v) is 5.63. The Labute approximate surface area is 145 Å². The molecular weight excluding hydrogens is 355 g/mol. The Bertz CT molecular complexity index is 844. The van der Waals surface area contributed by atoms with E-state index in [-0.39, 0.29) is 24.4 Å². The third-order valence-electron chi connectivity index (χ3n) is 3.94. The molecule has 0 radical (unpaired) electrons. The Morgan fingerprint density at radius 2 is 2.12 bits per heavy atom. The molecule has 2 N–H and O–H groups in total. The van der Waals surface area contributed by atoms with Crippen LogP contribution in [-0.2, 0) is 30.6 Å². The number of hydrogen-bond acceptors (Lipinski definition) is 4. The van der Waals surface area contributed by atoms with Crippen LogP contribution in [0.1, 0.15) is 37.8 Å². The zero-order valence-corrected chi connectivity index (χ0v) is 13.3. The van der Waals surface area contributed by atoms with Gasteiger partial charge in [-0.05, 0) is 17.7 Å². The summed E-state index contributed by atoms with van der Waals surface area (Å²) in [4.78, 5) is 27.0. The van der Waals surface area contributed by atoms with Crippen LogP contribution >= 0.6 is 0 Å². The van der Waals surface area contributed by atoms with Crippen LogP contribution in [0.3, 0.4) is 0 Å². The summed E-state index contributed by atoms with van der Waals surface area (Å²) in [6, 6.07) is 3.32. The van der Waals surface area contributed by atoms with Crippen molar-refractivity contribution in [1.29, 1.82) is 0 Å². The van der Waals surface area contributed by atoms with Gasteiger partial charge in [0.1, 0.15) is 11.4 Å². The molecule has 0 saturated heterocycles. The first-order valence-electron chi connectivity index (χ1n) is 7.61. The van der Waals surface area contributed by atoms with E-state index in [1.165, 1.54) is 16.7 Å². The van der Waals surface area contributed by atoms with Crippen LogP contribution in [0.4, 0.5) is 13.2 Å². The molecule has 0 aromatic carbocycles. The van der Waals surface area contributed by atoms with Gasteiger partial charge in [-0.3, -0.25) is 9.78 Å². The van der Waals surface area contributed by atoms with E-state index >= 15 is 0 Å². The molecule has 7 nitrogen and oxygen atoms in total. The Balaban J connectivity index is 1.74. The predicted octanol–water partition coefficient (Wildman–Crippen LogP) is 2.06. The number of hydrogen-bond donors (Lipinski definition) is 2. The number of carboxylic acids is 1. The molecule has 0 bridgehead atoms. The number of alkyl halides is 3. The number of carboxylic acid groups (broad SMARTS) is 1. The minimum Gasteiger partial charge on any atom is -0.477 e. The monoisotopic (exact) mass is 369 g/mol. The Morgan fingerprint density at radius 1 is 1.35 bits per heavy atom. The van der Waals surface area contributed by atoms with E-state index in [1.807, 2.05) is 0 Å². The largest absolute Gasteiger partial charge is 0.477 e. The molecule has 0 aliphatic carbocycles. The van der Waals surface area contributed by atoms with E-state index in [2.05, 4.69) is 10.3 Å². The topological polar surface area (TPSA) is 93.5 Å². The van der Waals surface area contributed by atoms with Crippen LogP contribution in [-0.4, -0.2) is 33.1 Å². The summed E-state index contributed by atoms with van der Waals surface area (Å²) in [7, 11) is 0. The smallest absolute Gasteiger partial charge is 0.433 e. The van der Waals surface area contributed by atoms with Crippen LogP contribution in [0.5, 0.6) is 0 Å². The highest BCUT2D eigenvalue weighted by Crippen LogP contribution is 2.27. The summed E-state index contributed by atoms with van der Waals surface area (Å²) >= 11 is 0. The van der Waals surface area contributed by atoms with Gasteiger partial charge in [0.2, 0.25) is 0 Å². The predicted molar refractivity (Wildman–Crippen MR) is 81.5 cm³/mol. The molecule has 26 heavy (non-hydrogen) atoms. The van der Waals surface area contributed by atoms with Gasteiger partial charge in [0.15, 0.2) is 0 Å². The summed E-state index contributed by atoms with van der Waals surface area (Å²) in [6.07, 6.45) is -3.50. The third-order valence-corrected chi connectivity index (χ3v) is 3.94. The highest BCUT2D eigenvalue weighted by atomic mass is 19.4. The number of nitrogens with one attached hydrogen (secondary N) is 1. The fourth-order valence-electron chi connectivity index (χ4n) is 2.67. The fourth-order valence-corrected chi connectivity index (χ4v) is 2.67. The number of carbonyl (C=O) groups is 2. The van der Waals surface area contributed by atoms with E-state index in [0.29, 0.717) is 24.4 Å². The molecule has 3 rings (SSSR count). The van der Waals surface area contributed by atoms with Crippen molar-refractivity contribution in [3.63, 3.8) is 0 Å². The summed E-state index contributed by atoms with van der Waals surface area (Å²) in [6.45, 7) is 0.739. The third kappa shape index (κ3) is 3.54. The van der Waals surface area contributed by atoms with Crippen LogP contribution in [0.2, 0.25) is 0 Å². The maximum absolute atomic E-state index is 12.5. The molecule has 1 aliphatic heterocycles. The van der Waals surface area contributed by atoms with Crippen LogP contribution in [0.15, 0.2) is 24.4 Å². The van der Waals surface area contributed by atoms with Crippen molar-refractivity contribution in [2.45, 2.75) is 25.9 Å². The zero-order chi connectivity index (χ0) is 18.9. The average molecular weight is 369 g/mol. The number of halogens is 3. The SMILES string of the molecule is O=C(NCc1ccc(C(F)(F)F)nc1)c1cc(C(=O)O)n2c1COCC2. The summed E-state index contributed by atoms with van der Waals surface area (Å²) in [5, 5.41) is 11.8. The van der Waals surface area contributed by atoms with Crippen LogP contribution in [0, 0.1) is 0 Å². The molecule has 2 aromatic heterocycles. The highest BCUT2D eigenvalue weighted by Gasteiger charge is 2.32. The molecule has 0 atom stereocenters. The summed E-state index contributed by atoms with van der Waals surface area (Å²) in [5.41, 5.74) is -0.0187. The standard InChI is InChI=1S/C16H14F3N3O4/c17-16(18,19)13-2-1-9(6-20-13)7-21-14(23)10-5-11(15(24)25)22-3-4-26-8-12(10)22/h1-2,5-6H,3-4,7-8H2,(H,21,23)(H,24,25). The van der Waals surface area contributed by atoms with Crippen LogP contribution in [0.25, 0.3) is 0 Å². The van der Waals surface area contributed by atoms with E-state index in [1.54, 1.807) is 0 Å². The Morgan fingerprint density at radius 3 is 2.73 bits per heavy atom. The van der Waals surface area contributed by atoms with Crippen LogP contribution < -0.4 is 5.32 Å². The van der Waals surface area contributed by atoms with Crippen molar-refractivity contribution in [1.82, 2.24) is 14.9 Å². The first-order chi connectivity index (χ1) is 12.3. The summed E-state index contributed by atoms with van der Waals surface area (Å²) < 4.78 is 44.3. The van der Waals surface area contributed by atoms with E-state index in [0.717, 1.165) is 12.3 Å². The van der Waals surface area contributed by atoms with Crippen molar-refractivity contribution >= 4 is 11.9 Å². The molecule has 3 heterocycles. The van der Waals surface area contributed by atoms with Crippen molar-refractivity contribution in [3.05, 3.63) is 52.6 Å². The quantitative estimate of drug-likeness (QED) is 0.861. The van der Waals surface area contributed by atoms with Gasteiger partial charge >= 0.3 is 12.1 Å². The first kappa shape index (κ1) is 17.9. The van der Waals surface area contributed by atoms with Gasteiger partial charge in [-0.15, -0.1) is 0 Å². The maximum atomic E-state index is 12.5. The molecule has 0 fully saturated rings. The van der Waals surface area contributed by atoms with E-state index < -0.39 is 23.7 Å². The highest BCUT2D eigenvalue weighted by molar-refractivity contribution is 5.98. The second-order valence-electron chi connectivity index (χ2n) is 5.63. The number of aromatic carboxylic acids is 1. The van der Waals surface area contributed by atoms with E-state index in [9.17, 15) is 27.9 Å². The first-order valence-corrected chi connectivity index (χ1v) is 7.61. The molecule has 10 heteroatoms. The van der Waals surface area contributed by atoms with Gasteiger partial charge in [-0.25, -0.2) is 4.79 Å². The molecule has 1 amide bonds. The minimum atomic E-state index is -4.53. The van der Waals surface area contributed by atoms with Crippen molar-refractivity contribution in [3.8, 4) is 0 Å². The number of carbonyl (C=O) groups excluding carboxylic acids is 1. The van der Waals surface area contributed by atoms with Gasteiger partial charge in [-0.2, -0.15) is 13.2 Å². The van der Waals surface area contributed by atoms with Crippen molar-refractivity contribution in [2.75, 3.05) is 6.61 Å². The molecular formula is C16H14F3N3O4. The zero-order valence-electron chi connectivity index (χ0n) is 13.3. The lowest BCUT2D eigenvalue weighted by atomic mass is 10.2. The molecule has 0 spiro atoms.